The third-order valence-corrected chi connectivity index (χ3v) is 4.47. The molecule has 9 heteroatoms. The molecule has 2 aliphatic rings. The van der Waals surface area contributed by atoms with Gasteiger partial charge in [-0.05, 0) is 24.3 Å². The summed E-state index contributed by atoms with van der Waals surface area (Å²) in [6.07, 6.45) is 0. The van der Waals surface area contributed by atoms with Crippen LogP contribution in [0.2, 0.25) is 0 Å². The third kappa shape index (κ3) is 5.46. The van der Waals surface area contributed by atoms with E-state index in [2.05, 4.69) is 74.1 Å². The van der Waals surface area contributed by atoms with E-state index in [9.17, 15) is 0 Å². The van der Waals surface area contributed by atoms with E-state index in [1.54, 1.807) is 11.3 Å². The lowest BCUT2D eigenvalue weighted by molar-refractivity contribution is 0.366. The van der Waals surface area contributed by atoms with Crippen LogP contribution in [0.15, 0.2) is 36.4 Å². The average Bonchev–Trinajstić information content (AvgIpc) is 2.50. The summed E-state index contributed by atoms with van der Waals surface area (Å²) in [4.78, 5) is 8.09. The summed E-state index contributed by atoms with van der Waals surface area (Å²) in [6, 6.07) is 12.8. The van der Waals surface area contributed by atoms with Gasteiger partial charge in [-0.1, -0.05) is 0 Å². The van der Waals surface area contributed by atoms with Crippen LogP contribution in [0.4, 0.5) is 5.69 Å². The van der Waals surface area contributed by atoms with E-state index in [0.29, 0.717) is 0 Å². The summed E-state index contributed by atoms with van der Waals surface area (Å²) >= 11 is 1.80. The molecule has 7 nitrogen and oxygen atoms in total. The normalized spacial score (nSPS) is 11.1. The van der Waals surface area contributed by atoms with Crippen molar-refractivity contribution in [2.45, 2.75) is 0 Å². The molecule has 0 fully saturated rings. The molecule has 1 N–H and O–H groups in total. The second-order valence-corrected chi connectivity index (χ2v) is 7.67. The molecule has 0 unspecified atom stereocenters. The summed E-state index contributed by atoms with van der Waals surface area (Å²) in [7, 11) is 3.32. The van der Waals surface area contributed by atoms with Crippen LogP contribution in [-0.2, 0) is 10.4 Å². The highest BCUT2D eigenvalue weighted by atomic mass is 32.3. The molecule has 1 heterocycles. The number of fused-ring (bicyclic) bond motifs is 2. The minimum Gasteiger partial charge on any atom is -0.726 e. The Bertz CT molecular complexity index is 1030. The Morgan fingerprint density at radius 3 is 2.36 bits per heavy atom. The van der Waals surface area contributed by atoms with Crippen LogP contribution in [0, 0.1) is 0 Å². The van der Waals surface area contributed by atoms with Gasteiger partial charge in [0.05, 0.1) is 20.8 Å². The van der Waals surface area contributed by atoms with Gasteiger partial charge in [0.15, 0.2) is 0 Å². The first-order valence-corrected chi connectivity index (χ1v) is 9.43. The largest absolute Gasteiger partial charge is 0.726 e. The molecule has 1 aliphatic carbocycles. The lowest BCUT2D eigenvalue weighted by atomic mass is 10.2. The van der Waals surface area contributed by atoms with Crippen molar-refractivity contribution in [3.63, 3.8) is 0 Å². The van der Waals surface area contributed by atoms with Crippen molar-refractivity contribution in [3.05, 3.63) is 41.8 Å². The maximum Gasteiger partial charge on any atom is 0.215 e. The molecule has 1 aromatic carbocycles. The Morgan fingerprint density at radius 1 is 1.16 bits per heavy atom. The molecule has 0 amide bonds. The molecular weight excluding hydrogens is 362 g/mol. The summed E-state index contributed by atoms with van der Waals surface area (Å²) in [5.41, 5.74) is 3.33. The first-order valence-electron chi connectivity index (χ1n) is 7.25. The maximum atomic E-state index is 8.63. The van der Waals surface area contributed by atoms with Crippen LogP contribution in [0.1, 0.15) is 0 Å². The topological polar surface area (TPSA) is 96.6 Å². The molecule has 134 valence electrons. The van der Waals surface area contributed by atoms with Crippen molar-refractivity contribution in [3.8, 4) is 10.6 Å². The zero-order chi connectivity index (χ0) is 18.8. The Hall–Kier alpha value is -2.07. The molecule has 3 rings (SSSR count). The van der Waals surface area contributed by atoms with Gasteiger partial charge in [-0.25, -0.2) is 18.0 Å². The Balaban J connectivity index is 0.000000399. The van der Waals surface area contributed by atoms with E-state index < -0.39 is 10.4 Å². The molecule has 1 aromatic rings. The van der Waals surface area contributed by atoms with Gasteiger partial charge in [0.25, 0.3) is 0 Å². The first kappa shape index (κ1) is 19.3. The zero-order valence-electron chi connectivity index (χ0n) is 14.3. The van der Waals surface area contributed by atoms with Crippen LogP contribution in [-0.4, -0.2) is 50.7 Å². The quantitative estimate of drug-likeness (QED) is 0.297. The second kappa shape index (κ2) is 7.44. The number of benzene rings is 2. The lowest BCUT2D eigenvalue weighted by Gasteiger charge is -2.13. The van der Waals surface area contributed by atoms with E-state index in [-0.39, 0.29) is 0 Å². The van der Waals surface area contributed by atoms with Crippen LogP contribution < -0.4 is 14.8 Å². The monoisotopic (exact) mass is 381 g/mol. The molecule has 0 spiro atoms. The van der Waals surface area contributed by atoms with Gasteiger partial charge in [0, 0.05) is 31.9 Å². The van der Waals surface area contributed by atoms with Gasteiger partial charge in [0.1, 0.15) is 14.1 Å². The van der Waals surface area contributed by atoms with Crippen molar-refractivity contribution in [2.75, 3.05) is 33.1 Å². The summed E-state index contributed by atoms with van der Waals surface area (Å²) in [5, 5.41) is 1.21. The van der Waals surface area contributed by atoms with E-state index >= 15 is 0 Å². The number of hydrogen-bond donors (Lipinski definition) is 1. The Labute approximate surface area is 150 Å². The molecule has 0 saturated heterocycles. The molecule has 1 aliphatic heterocycles. The van der Waals surface area contributed by atoms with Gasteiger partial charge in [-0.2, -0.15) is 0 Å². The van der Waals surface area contributed by atoms with Gasteiger partial charge < -0.3 is 9.45 Å². The first-order chi connectivity index (χ1) is 11.5. The van der Waals surface area contributed by atoms with Gasteiger partial charge in [0.2, 0.25) is 15.8 Å². The SMILES string of the molecule is CN(C)c1ccc2nc3ccc(=[N+](C)C)cc-3sc2c1.O=S(=O)([O-])O. The fourth-order valence-corrected chi connectivity index (χ4v) is 3.19. The van der Waals surface area contributed by atoms with E-state index in [4.69, 9.17) is 22.5 Å². The number of aromatic nitrogens is 1. The van der Waals surface area contributed by atoms with Gasteiger partial charge >= 0.3 is 0 Å². The fourth-order valence-electron chi connectivity index (χ4n) is 2.16. The summed E-state index contributed by atoms with van der Waals surface area (Å²) < 4.78 is 36.2. The summed E-state index contributed by atoms with van der Waals surface area (Å²) in [5.74, 6) is 0. The molecule has 0 bridgehead atoms. The molecule has 25 heavy (non-hydrogen) atoms. The van der Waals surface area contributed by atoms with Crippen LogP contribution in [0.3, 0.4) is 0 Å². The standard InChI is InChI=1S/C16H18N3S.H2O4S/c1-18(2)11-5-7-13-15(9-11)20-16-10-12(19(3)4)6-8-14(16)17-13;1-5(2,3)4/h5-10H,1-4H3;(H2,1,2,3,4)/q+1;/p-1. The van der Waals surface area contributed by atoms with E-state index in [0.717, 1.165) is 11.2 Å². The van der Waals surface area contributed by atoms with Crippen molar-refractivity contribution < 1.29 is 17.5 Å². The van der Waals surface area contributed by atoms with Crippen molar-refractivity contribution in [2.24, 2.45) is 0 Å². The number of nitrogens with zero attached hydrogens (tertiary/aromatic N) is 3. The van der Waals surface area contributed by atoms with E-state index in [1.165, 1.54) is 20.6 Å². The third-order valence-electron chi connectivity index (χ3n) is 3.38. The van der Waals surface area contributed by atoms with Crippen LogP contribution in [0.25, 0.3) is 20.8 Å². The van der Waals surface area contributed by atoms with Gasteiger partial charge in [-0.15, -0.1) is 11.3 Å². The predicted molar refractivity (Wildman–Crippen MR) is 100 cm³/mol. The lowest BCUT2D eigenvalue weighted by Crippen LogP contribution is -2.21. The Kier molecular flexibility index (Phi) is 5.73. The maximum absolute atomic E-state index is 8.63. The second-order valence-electron chi connectivity index (χ2n) is 5.73. The van der Waals surface area contributed by atoms with E-state index in [1.807, 2.05) is 0 Å². The smallest absolute Gasteiger partial charge is 0.215 e. The Morgan fingerprint density at radius 2 is 1.80 bits per heavy atom. The van der Waals surface area contributed by atoms with Crippen molar-refractivity contribution >= 4 is 37.6 Å². The van der Waals surface area contributed by atoms with Crippen molar-refractivity contribution in [1.82, 2.24) is 9.56 Å². The minimum absolute atomic E-state index is 1.06. The highest BCUT2D eigenvalue weighted by Crippen LogP contribution is 2.31. The average molecular weight is 381 g/mol. The predicted octanol–water partition coefficient (Wildman–Crippen LogP) is 1.50. The zero-order valence-corrected chi connectivity index (χ0v) is 15.9. The molecule has 0 saturated carbocycles. The fraction of sp³-hybridized carbons (Fsp3) is 0.250. The molecule has 0 radical (unpaired) electrons. The molecular formula is C16H19N3O4S2. The number of rotatable bonds is 1. The van der Waals surface area contributed by atoms with Gasteiger partial charge in [-0.3, -0.25) is 4.55 Å². The highest BCUT2D eigenvalue weighted by Gasteiger charge is 2.09. The van der Waals surface area contributed by atoms with Crippen LogP contribution >= 0.6 is 11.3 Å². The number of anilines is 1. The summed E-state index contributed by atoms with van der Waals surface area (Å²) in [6.45, 7) is 0. The highest BCUT2D eigenvalue weighted by molar-refractivity contribution is 7.79. The van der Waals surface area contributed by atoms with Crippen molar-refractivity contribution in [1.29, 1.82) is 0 Å². The van der Waals surface area contributed by atoms with Crippen LogP contribution in [0.5, 0.6) is 0 Å². The minimum atomic E-state index is -4.92. The number of hydrogen-bond acceptors (Lipinski definition) is 6. The molecule has 0 atom stereocenters. The molecule has 0 aromatic heterocycles.